The van der Waals surface area contributed by atoms with Gasteiger partial charge in [0.2, 0.25) is 5.91 Å². The summed E-state index contributed by atoms with van der Waals surface area (Å²) in [6.45, 7) is 1.85. The van der Waals surface area contributed by atoms with Crippen molar-refractivity contribution in [3.63, 3.8) is 0 Å². The third kappa shape index (κ3) is 3.65. The Bertz CT molecular complexity index is 946. The molecule has 31 heavy (non-hydrogen) atoms. The van der Waals surface area contributed by atoms with Crippen LogP contribution in [0.5, 0.6) is 0 Å². The fraction of sp³-hybridized carbons (Fsp3) is 0.462. The zero-order valence-electron chi connectivity index (χ0n) is 17.9. The second kappa shape index (κ2) is 8.46. The molecule has 2 heterocycles. The number of nitrogens with zero attached hydrogens (tertiary/aromatic N) is 1. The van der Waals surface area contributed by atoms with E-state index in [4.69, 9.17) is 4.74 Å². The van der Waals surface area contributed by atoms with Crippen molar-refractivity contribution in [2.24, 2.45) is 0 Å². The van der Waals surface area contributed by atoms with Crippen molar-refractivity contribution in [1.29, 1.82) is 0 Å². The summed E-state index contributed by atoms with van der Waals surface area (Å²) in [6.07, 6.45) is 5.94. The summed E-state index contributed by atoms with van der Waals surface area (Å²) in [6, 6.07) is 17.8. The zero-order valence-corrected chi connectivity index (χ0v) is 17.9. The molecule has 2 amide bonds. The average Bonchev–Trinajstić information content (AvgIpc) is 3.49. The van der Waals surface area contributed by atoms with Gasteiger partial charge >= 0.3 is 0 Å². The summed E-state index contributed by atoms with van der Waals surface area (Å²) >= 11 is 0. The lowest BCUT2D eigenvalue weighted by Crippen LogP contribution is -2.60. The maximum atomic E-state index is 13.7. The van der Waals surface area contributed by atoms with Crippen molar-refractivity contribution < 1.29 is 14.3 Å². The van der Waals surface area contributed by atoms with Crippen LogP contribution in [0.15, 0.2) is 54.6 Å². The van der Waals surface area contributed by atoms with Gasteiger partial charge in [0, 0.05) is 25.3 Å². The van der Waals surface area contributed by atoms with Gasteiger partial charge in [-0.2, -0.15) is 0 Å². The normalized spacial score (nSPS) is 24.4. The van der Waals surface area contributed by atoms with E-state index < -0.39 is 5.54 Å². The first kappa shape index (κ1) is 20.3. The van der Waals surface area contributed by atoms with Crippen molar-refractivity contribution in [3.05, 3.63) is 71.3 Å². The van der Waals surface area contributed by atoms with E-state index in [2.05, 4.69) is 17.4 Å². The smallest absolute Gasteiger partial charge is 0.254 e. The molecule has 0 bridgehead atoms. The van der Waals surface area contributed by atoms with Crippen LogP contribution in [0.3, 0.4) is 0 Å². The van der Waals surface area contributed by atoms with Gasteiger partial charge in [0.1, 0.15) is 0 Å². The predicted octanol–water partition coefficient (Wildman–Crippen LogP) is 4.03. The lowest BCUT2D eigenvalue weighted by molar-refractivity contribution is -0.127. The van der Waals surface area contributed by atoms with Crippen molar-refractivity contribution in [1.82, 2.24) is 10.2 Å². The quantitative estimate of drug-likeness (QED) is 0.797. The largest absolute Gasteiger partial charge is 0.376 e. The van der Waals surface area contributed by atoms with E-state index in [0.717, 1.165) is 56.3 Å². The topological polar surface area (TPSA) is 58.6 Å². The Labute approximate surface area is 183 Å². The van der Waals surface area contributed by atoms with E-state index in [9.17, 15) is 9.59 Å². The lowest BCUT2D eigenvalue weighted by Gasteiger charge is -2.50. The standard InChI is InChI=1S/C26H30N2O3/c29-24(27-17-20-11-8-16-31-20)23-21-12-4-5-13-22(21)25(30)28(26(23)14-6-7-15-26)18-19-9-2-1-3-10-19/h1-5,9-10,12-13,20,23H,6-8,11,14-18H2,(H,27,29)/t20-,23-/m0/s1. The SMILES string of the molecule is O=C(NC[C@@H]1CCCO1)[C@@H]1c2ccccc2C(=O)N(Cc2ccccc2)C12CCCC2. The minimum Gasteiger partial charge on any atom is -0.376 e. The van der Waals surface area contributed by atoms with Gasteiger partial charge in [0.05, 0.1) is 17.6 Å². The molecule has 162 valence electrons. The summed E-state index contributed by atoms with van der Waals surface area (Å²) < 4.78 is 5.72. The third-order valence-corrected chi connectivity index (χ3v) is 7.27. The molecule has 0 unspecified atom stereocenters. The van der Waals surface area contributed by atoms with Crippen LogP contribution in [0.25, 0.3) is 0 Å². The van der Waals surface area contributed by atoms with Crippen LogP contribution in [0.2, 0.25) is 0 Å². The van der Waals surface area contributed by atoms with Crippen LogP contribution in [0.4, 0.5) is 0 Å². The highest BCUT2D eigenvalue weighted by Crippen LogP contribution is 2.50. The van der Waals surface area contributed by atoms with E-state index >= 15 is 0 Å². The molecule has 3 aliphatic rings. The monoisotopic (exact) mass is 418 g/mol. The van der Waals surface area contributed by atoms with Gasteiger partial charge in [0.25, 0.3) is 5.91 Å². The van der Waals surface area contributed by atoms with Crippen LogP contribution >= 0.6 is 0 Å². The molecule has 1 aliphatic carbocycles. The van der Waals surface area contributed by atoms with Gasteiger partial charge in [-0.15, -0.1) is 0 Å². The molecule has 2 aromatic carbocycles. The number of carbonyl (C=O) groups excluding carboxylic acids is 2. The highest BCUT2D eigenvalue weighted by molar-refractivity contribution is 6.02. The van der Waals surface area contributed by atoms with Gasteiger partial charge in [-0.1, -0.05) is 61.4 Å². The molecule has 2 aliphatic heterocycles. The molecule has 5 nitrogen and oxygen atoms in total. The number of hydrogen-bond donors (Lipinski definition) is 1. The minimum atomic E-state index is -0.470. The Kier molecular flexibility index (Phi) is 5.53. The number of fused-ring (bicyclic) bond motifs is 1. The summed E-state index contributed by atoms with van der Waals surface area (Å²) in [5, 5.41) is 3.18. The van der Waals surface area contributed by atoms with Gasteiger partial charge in [-0.25, -0.2) is 0 Å². The first-order valence-electron chi connectivity index (χ1n) is 11.5. The summed E-state index contributed by atoms with van der Waals surface area (Å²) in [4.78, 5) is 29.4. The fourth-order valence-electron chi connectivity index (χ4n) is 5.78. The van der Waals surface area contributed by atoms with E-state index in [0.29, 0.717) is 18.7 Å². The molecule has 0 aromatic heterocycles. The first-order chi connectivity index (χ1) is 15.2. The average molecular weight is 419 g/mol. The van der Waals surface area contributed by atoms with Gasteiger partial charge in [0.15, 0.2) is 0 Å². The Morgan fingerprint density at radius 3 is 2.52 bits per heavy atom. The maximum Gasteiger partial charge on any atom is 0.254 e. The van der Waals surface area contributed by atoms with Crippen molar-refractivity contribution >= 4 is 11.8 Å². The predicted molar refractivity (Wildman–Crippen MR) is 119 cm³/mol. The van der Waals surface area contributed by atoms with Crippen LogP contribution in [-0.4, -0.2) is 41.5 Å². The highest BCUT2D eigenvalue weighted by Gasteiger charge is 2.55. The van der Waals surface area contributed by atoms with Crippen LogP contribution < -0.4 is 5.32 Å². The number of amides is 2. The number of rotatable bonds is 5. The lowest BCUT2D eigenvalue weighted by atomic mass is 9.71. The molecule has 1 saturated heterocycles. The summed E-state index contributed by atoms with van der Waals surface area (Å²) in [7, 11) is 0. The van der Waals surface area contributed by atoms with Crippen LogP contribution in [0, 0.1) is 0 Å². The molecule has 2 fully saturated rings. The number of hydrogen-bond acceptors (Lipinski definition) is 3. The second-order valence-corrected chi connectivity index (χ2v) is 9.09. The van der Waals surface area contributed by atoms with E-state index in [-0.39, 0.29) is 23.8 Å². The first-order valence-corrected chi connectivity index (χ1v) is 11.5. The van der Waals surface area contributed by atoms with E-state index in [1.54, 1.807) is 0 Å². The van der Waals surface area contributed by atoms with E-state index in [1.807, 2.05) is 47.4 Å². The molecule has 0 radical (unpaired) electrons. The number of carbonyl (C=O) groups is 2. The molecule has 5 rings (SSSR count). The van der Waals surface area contributed by atoms with Crippen molar-refractivity contribution in [2.45, 2.75) is 62.6 Å². The molecule has 2 aromatic rings. The van der Waals surface area contributed by atoms with Gasteiger partial charge < -0.3 is 15.0 Å². The molecule has 2 atom stereocenters. The van der Waals surface area contributed by atoms with Crippen molar-refractivity contribution in [3.8, 4) is 0 Å². The van der Waals surface area contributed by atoms with Gasteiger partial charge in [-0.3, -0.25) is 9.59 Å². The summed E-state index contributed by atoms with van der Waals surface area (Å²) in [5.74, 6) is -0.283. The third-order valence-electron chi connectivity index (χ3n) is 7.27. The van der Waals surface area contributed by atoms with E-state index in [1.165, 1.54) is 0 Å². The van der Waals surface area contributed by atoms with Crippen LogP contribution in [0.1, 0.15) is 65.9 Å². The number of ether oxygens (including phenoxy) is 1. The minimum absolute atomic E-state index is 0.0235. The summed E-state index contributed by atoms with van der Waals surface area (Å²) in [5.41, 5.74) is 2.17. The zero-order chi connectivity index (χ0) is 21.3. The molecular formula is C26H30N2O3. The molecule has 1 spiro atoms. The van der Waals surface area contributed by atoms with Crippen LogP contribution in [-0.2, 0) is 16.1 Å². The number of benzene rings is 2. The molecular weight excluding hydrogens is 388 g/mol. The number of nitrogens with one attached hydrogen (secondary N) is 1. The molecule has 1 N–H and O–H groups in total. The highest BCUT2D eigenvalue weighted by atomic mass is 16.5. The second-order valence-electron chi connectivity index (χ2n) is 9.09. The van der Waals surface area contributed by atoms with Crippen molar-refractivity contribution in [2.75, 3.05) is 13.2 Å². The Morgan fingerprint density at radius 2 is 1.77 bits per heavy atom. The fourth-order valence-corrected chi connectivity index (χ4v) is 5.78. The Morgan fingerprint density at radius 1 is 1.03 bits per heavy atom. The Hall–Kier alpha value is -2.66. The van der Waals surface area contributed by atoms with Gasteiger partial charge in [-0.05, 0) is 42.9 Å². The molecule has 1 saturated carbocycles. The molecule has 5 heteroatoms. The maximum absolute atomic E-state index is 13.7. The Balaban J connectivity index is 1.52.